The molecule has 0 saturated carbocycles. The molecule has 0 saturated heterocycles. The highest BCUT2D eigenvalue weighted by atomic mass is 15.2. The second-order valence-electron chi connectivity index (χ2n) is 6.70. The van der Waals surface area contributed by atoms with Gasteiger partial charge in [-0.3, -0.25) is 0 Å². The summed E-state index contributed by atoms with van der Waals surface area (Å²) in [5.74, 6) is 0.668. The lowest BCUT2D eigenvalue weighted by Crippen LogP contribution is -2.25. The van der Waals surface area contributed by atoms with Crippen molar-refractivity contribution in [3.63, 3.8) is 0 Å². The second kappa shape index (κ2) is 4.99. The lowest BCUT2D eigenvalue weighted by molar-refractivity contribution is 0.512. The molecule has 0 unspecified atom stereocenters. The highest BCUT2D eigenvalue weighted by Crippen LogP contribution is 2.46. The Bertz CT molecular complexity index is 763. The number of para-hydroxylation sites is 3. The average Bonchev–Trinajstić information content (AvgIpc) is 2.55. The van der Waals surface area contributed by atoms with Gasteiger partial charge in [0.1, 0.15) is 0 Å². The minimum atomic E-state index is 0.668. The van der Waals surface area contributed by atoms with E-state index < -0.39 is 0 Å². The van der Waals surface area contributed by atoms with Gasteiger partial charge in [-0.2, -0.15) is 0 Å². The van der Waals surface area contributed by atoms with E-state index in [9.17, 15) is 0 Å². The molecule has 0 spiro atoms. The van der Waals surface area contributed by atoms with E-state index in [2.05, 4.69) is 77.7 Å². The molecule has 6 rings (SSSR count). The number of hydrogen-bond donors (Lipinski definition) is 0. The van der Waals surface area contributed by atoms with Crippen molar-refractivity contribution in [2.24, 2.45) is 5.92 Å². The maximum atomic E-state index is 2.48. The Labute approximate surface area is 137 Å². The van der Waals surface area contributed by atoms with Crippen molar-refractivity contribution in [3.05, 3.63) is 89.5 Å². The van der Waals surface area contributed by atoms with Gasteiger partial charge in [0, 0.05) is 17.1 Å². The van der Waals surface area contributed by atoms with Crippen molar-refractivity contribution in [3.8, 4) is 0 Å². The summed E-state index contributed by atoms with van der Waals surface area (Å²) < 4.78 is 0. The molecular weight excluding hydrogens is 278 g/mol. The first-order valence-corrected chi connectivity index (χ1v) is 8.44. The van der Waals surface area contributed by atoms with E-state index >= 15 is 0 Å². The number of anilines is 3. The van der Waals surface area contributed by atoms with Crippen LogP contribution in [0.1, 0.15) is 16.7 Å². The molecule has 0 aromatic heterocycles. The smallest absolute Gasteiger partial charge is 0.0493 e. The SMILES string of the molecule is c1ccc2c(c1)CC1Cc3ccccc3N2c2ccccc2C1. The van der Waals surface area contributed by atoms with Crippen LogP contribution in [0.4, 0.5) is 17.1 Å². The van der Waals surface area contributed by atoms with Crippen molar-refractivity contribution >= 4 is 17.1 Å². The van der Waals surface area contributed by atoms with Gasteiger partial charge in [-0.1, -0.05) is 54.6 Å². The molecule has 0 radical (unpaired) electrons. The first-order chi connectivity index (χ1) is 11.4. The zero-order valence-electron chi connectivity index (χ0n) is 13.1. The predicted molar refractivity (Wildman–Crippen MR) is 95.7 cm³/mol. The van der Waals surface area contributed by atoms with Crippen LogP contribution in [0.3, 0.4) is 0 Å². The Morgan fingerprint density at radius 3 is 1.26 bits per heavy atom. The molecule has 0 atom stereocenters. The molecule has 0 amide bonds. The molecule has 2 bridgehead atoms. The third kappa shape index (κ3) is 2.00. The van der Waals surface area contributed by atoms with Gasteiger partial charge in [-0.05, 0) is 60.1 Å². The first-order valence-electron chi connectivity index (χ1n) is 8.44. The van der Waals surface area contributed by atoms with Crippen LogP contribution < -0.4 is 4.90 Å². The molecule has 1 nitrogen and oxygen atoms in total. The maximum Gasteiger partial charge on any atom is 0.0493 e. The maximum absolute atomic E-state index is 2.48. The zero-order valence-corrected chi connectivity index (χ0v) is 13.1. The van der Waals surface area contributed by atoms with E-state index in [1.54, 1.807) is 0 Å². The van der Waals surface area contributed by atoms with Gasteiger partial charge in [0.25, 0.3) is 0 Å². The van der Waals surface area contributed by atoms with Gasteiger partial charge >= 0.3 is 0 Å². The number of benzene rings is 3. The van der Waals surface area contributed by atoms with Gasteiger partial charge in [0.2, 0.25) is 0 Å². The minimum Gasteiger partial charge on any atom is -0.310 e. The van der Waals surface area contributed by atoms with E-state index in [0.29, 0.717) is 5.92 Å². The highest BCUT2D eigenvalue weighted by Gasteiger charge is 2.29. The highest BCUT2D eigenvalue weighted by molar-refractivity contribution is 5.82. The van der Waals surface area contributed by atoms with Crippen LogP contribution in [0.25, 0.3) is 0 Å². The molecule has 0 N–H and O–H groups in total. The summed E-state index contributed by atoms with van der Waals surface area (Å²) in [7, 11) is 0. The summed E-state index contributed by atoms with van der Waals surface area (Å²) in [6, 6.07) is 26.7. The Morgan fingerprint density at radius 2 is 0.870 bits per heavy atom. The van der Waals surface area contributed by atoms with Crippen LogP contribution in [-0.4, -0.2) is 0 Å². The molecule has 112 valence electrons. The van der Waals surface area contributed by atoms with Crippen LogP contribution in [0.15, 0.2) is 72.8 Å². The fourth-order valence-electron chi connectivity index (χ4n) is 4.24. The van der Waals surface area contributed by atoms with Crippen molar-refractivity contribution < 1.29 is 0 Å². The molecule has 3 aliphatic heterocycles. The van der Waals surface area contributed by atoms with Gasteiger partial charge < -0.3 is 4.90 Å². The van der Waals surface area contributed by atoms with E-state index in [1.807, 2.05) is 0 Å². The number of hydrogen-bond acceptors (Lipinski definition) is 1. The van der Waals surface area contributed by atoms with Crippen LogP contribution in [0.5, 0.6) is 0 Å². The molecule has 3 heterocycles. The third-order valence-electron chi connectivity index (χ3n) is 5.22. The fourth-order valence-corrected chi connectivity index (χ4v) is 4.24. The summed E-state index contributed by atoms with van der Waals surface area (Å²) in [6.07, 6.45) is 3.49. The largest absolute Gasteiger partial charge is 0.310 e. The zero-order chi connectivity index (χ0) is 15.2. The lowest BCUT2D eigenvalue weighted by Gasteiger charge is -2.38. The van der Waals surface area contributed by atoms with E-state index in [-0.39, 0.29) is 0 Å². The average molecular weight is 297 g/mol. The molecule has 23 heavy (non-hydrogen) atoms. The molecular formula is C22H19N. The molecule has 3 aliphatic rings. The minimum absolute atomic E-state index is 0.668. The van der Waals surface area contributed by atoms with Gasteiger partial charge in [0.15, 0.2) is 0 Å². The van der Waals surface area contributed by atoms with Crippen molar-refractivity contribution in [2.45, 2.75) is 19.3 Å². The van der Waals surface area contributed by atoms with Gasteiger partial charge in [-0.25, -0.2) is 0 Å². The summed E-state index contributed by atoms with van der Waals surface area (Å²) in [5, 5.41) is 0. The van der Waals surface area contributed by atoms with E-state index in [1.165, 1.54) is 33.8 Å². The van der Waals surface area contributed by atoms with Crippen molar-refractivity contribution in [1.82, 2.24) is 0 Å². The first kappa shape index (κ1) is 13.0. The summed E-state index contributed by atoms with van der Waals surface area (Å²) in [6.45, 7) is 0. The number of rotatable bonds is 0. The Hall–Kier alpha value is -2.54. The third-order valence-corrected chi connectivity index (χ3v) is 5.22. The molecule has 1 heteroatoms. The van der Waals surface area contributed by atoms with Crippen molar-refractivity contribution in [2.75, 3.05) is 4.90 Å². The molecule has 3 aromatic carbocycles. The Morgan fingerprint density at radius 1 is 0.522 bits per heavy atom. The van der Waals surface area contributed by atoms with Crippen LogP contribution in [0.2, 0.25) is 0 Å². The standard InChI is InChI=1S/C22H19N/c1-4-10-20-17(7-1)13-16-14-18-8-2-5-11-21(18)23(20)22-12-6-3-9-19(22)15-16/h1-12,16H,13-15H2. The van der Waals surface area contributed by atoms with E-state index in [0.717, 1.165) is 19.3 Å². The van der Waals surface area contributed by atoms with Gasteiger partial charge in [0.05, 0.1) is 0 Å². The quantitative estimate of drug-likeness (QED) is 0.535. The second-order valence-corrected chi connectivity index (χ2v) is 6.70. The topological polar surface area (TPSA) is 3.24 Å². The van der Waals surface area contributed by atoms with E-state index in [4.69, 9.17) is 0 Å². The lowest BCUT2D eigenvalue weighted by atomic mass is 9.81. The van der Waals surface area contributed by atoms with Crippen molar-refractivity contribution in [1.29, 1.82) is 0 Å². The van der Waals surface area contributed by atoms with Crippen LogP contribution in [0, 0.1) is 5.92 Å². The summed E-state index contributed by atoms with van der Waals surface area (Å²) >= 11 is 0. The molecule has 0 fully saturated rings. The monoisotopic (exact) mass is 297 g/mol. The van der Waals surface area contributed by atoms with Crippen LogP contribution in [-0.2, 0) is 19.3 Å². The number of nitrogens with zero attached hydrogens (tertiary/aromatic N) is 1. The molecule has 0 aliphatic carbocycles. The summed E-state index contributed by atoms with van der Waals surface area (Å²) in [5.41, 5.74) is 8.45. The normalized spacial score (nSPS) is 15.9. The van der Waals surface area contributed by atoms with Gasteiger partial charge in [-0.15, -0.1) is 0 Å². The Kier molecular flexibility index (Phi) is 2.81. The Balaban J connectivity index is 1.88. The summed E-state index contributed by atoms with van der Waals surface area (Å²) in [4.78, 5) is 2.48. The predicted octanol–water partition coefficient (Wildman–Crippen LogP) is 5.43. The fraction of sp³-hybridized carbons (Fsp3) is 0.182. The molecule has 3 aromatic rings. The van der Waals surface area contributed by atoms with Crippen LogP contribution >= 0.6 is 0 Å².